The van der Waals surface area contributed by atoms with E-state index in [0.29, 0.717) is 44.5 Å². The second-order valence-corrected chi connectivity index (χ2v) is 43.9. The van der Waals surface area contributed by atoms with Crippen LogP contribution in [0.2, 0.25) is 0 Å². The molecule has 0 unspecified atom stereocenters. The molecule has 13 aliphatic rings. The summed E-state index contributed by atoms with van der Waals surface area (Å²) in [6, 6.07) is 15.0. The molecule has 8 fully saturated rings. The Morgan fingerprint density at radius 1 is 0.259 bits per heavy atom. The Morgan fingerprint density at radius 2 is 0.422 bits per heavy atom. The highest BCUT2D eigenvalue weighted by Crippen LogP contribution is 2.67. The zero-order valence-corrected chi connectivity index (χ0v) is 74.6. The normalized spacial score (nSPS) is 41.1. The van der Waals surface area contributed by atoms with Crippen LogP contribution in [-0.2, 0) is 160 Å². The fourth-order valence-corrected chi connectivity index (χ4v) is 25.7. The van der Waals surface area contributed by atoms with Crippen molar-refractivity contribution in [2.24, 2.45) is 0 Å². The Hall–Kier alpha value is -3.08. The Balaban J connectivity index is 0.841. The highest BCUT2D eigenvalue weighted by Gasteiger charge is 2.61. The summed E-state index contributed by atoms with van der Waals surface area (Å²) in [6.45, 7) is 4.38. The van der Waals surface area contributed by atoms with Gasteiger partial charge in [0.15, 0.2) is 48.3 Å². The summed E-state index contributed by atoms with van der Waals surface area (Å²) in [5, 5.41) is 0. The SMILES string of the molecule is CO[C@H]1[C@@H](OC)[C@@H](COP2(=S)Oc3cc4c5cc3C(C)c3cc6c(cc3O2)OP(=S)(OC[C@H]2O[C@@H]3OC(C)(C)O[C@@H]3[C@@H](OC)[C@H]2OC)Oc2cc3c(cc2C6C)C(C)c2cc(c(cc2OP(=S)(OC[C@H]2O[C@@H]6OC(C)(C)O[C@@H]6[C@@H](OC)[C@H]2OC)O3)OP(=S)(OC[C@H]2O[C@@H]3OC(C)(C)O[C@@H]3[C@@H](OC)[C@H]2OC)O4)C5C)O[C@@H]2OC(C)(C)O[C@@H]21. The molecule has 8 bridgehead atoms. The maximum absolute atomic E-state index is 7.26. The lowest BCUT2D eigenvalue weighted by Gasteiger charge is -2.42. The molecule has 0 amide bonds. The first-order chi connectivity index (χ1) is 54.9. The molecule has 4 aromatic carbocycles. The van der Waals surface area contributed by atoms with Crippen molar-refractivity contribution in [1.82, 2.24) is 0 Å². The van der Waals surface area contributed by atoms with E-state index in [0.717, 1.165) is 0 Å². The highest BCUT2D eigenvalue weighted by atomic mass is 32.5. The van der Waals surface area contributed by atoms with Crippen LogP contribution in [0.4, 0.5) is 0 Å². The van der Waals surface area contributed by atoms with Crippen molar-refractivity contribution in [3.63, 3.8) is 0 Å². The van der Waals surface area contributed by atoms with E-state index in [1.54, 1.807) is 137 Å². The van der Waals surface area contributed by atoms with Crippen molar-refractivity contribution in [3.8, 4) is 46.0 Å². The smallest absolute Gasteiger partial charge is 0.415 e. The summed E-state index contributed by atoms with van der Waals surface area (Å²) in [4.78, 5) is 0. The first-order valence-electron chi connectivity index (χ1n) is 38.5. The van der Waals surface area contributed by atoms with E-state index in [9.17, 15) is 0 Å². The minimum atomic E-state index is -4.26. The van der Waals surface area contributed by atoms with Crippen LogP contribution in [0.3, 0.4) is 0 Å². The molecule has 640 valence electrons. The van der Waals surface area contributed by atoms with E-state index in [4.69, 9.17) is 196 Å². The van der Waals surface area contributed by atoms with Gasteiger partial charge in [0.1, 0.15) is 144 Å². The zero-order chi connectivity index (χ0) is 82.2. The molecule has 12 aliphatic heterocycles. The molecule has 0 spiro atoms. The topological polar surface area (TPSA) is 295 Å². The fraction of sp³-hybridized carbons (Fsp3) is 0.684. The average molecular weight is 1780 g/mol. The van der Waals surface area contributed by atoms with Gasteiger partial charge in [-0.1, -0.05) is 27.7 Å². The third kappa shape index (κ3) is 15.6. The molecule has 12 heterocycles. The number of fused-ring (bicyclic) bond motifs is 4. The van der Waals surface area contributed by atoms with Crippen LogP contribution in [0.5, 0.6) is 46.0 Å². The van der Waals surface area contributed by atoms with Gasteiger partial charge in [-0.25, -0.2) is 0 Å². The maximum atomic E-state index is 7.26. The van der Waals surface area contributed by atoms with Crippen molar-refractivity contribution >= 4 is 74.1 Å². The van der Waals surface area contributed by atoms with Gasteiger partial charge in [0.2, 0.25) is 0 Å². The summed E-state index contributed by atoms with van der Waals surface area (Å²) in [6.07, 6.45) is -15.8. The van der Waals surface area contributed by atoms with Crippen LogP contribution in [0.15, 0.2) is 48.5 Å². The van der Waals surface area contributed by atoms with Gasteiger partial charge in [0.05, 0.1) is 26.4 Å². The predicted octanol–water partition coefficient (Wildman–Crippen LogP) is 12.3. The Bertz CT molecular complexity index is 3940. The lowest BCUT2D eigenvalue weighted by molar-refractivity contribution is -0.264. The van der Waals surface area contributed by atoms with Crippen LogP contribution >= 0.6 is 26.9 Å². The number of rotatable bonds is 20. The predicted molar refractivity (Wildman–Crippen MR) is 423 cm³/mol. The second kappa shape index (κ2) is 31.5. The monoisotopic (exact) mass is 1780 g/mol. The number of ether oxygens (including phenoxy) is 20. The Labute approximate surface area is 694 Å². The van der Waals surface area contributed by atoms with Crippen molar-refractivity contribution in [2.45, 2.75) is 253 Å². The molecular formula is C76H100O32P4S4. The van der Waals surface area contributed by atoms with E-state index in [1.807, 2.05) is 52.0 Å². The quantitative estimate of drug-likeness (QED) is 0.0742. The van der Waals surface area contributed by atoms with Crippen LogP contribution in [0.25, 0.3) is 0 Å². The fourth-order valence-electron chi connectivity index (χ4n) is 18.0. The summed E-state index contributed by atoms with van der Waals surface area (Å²) in [5.41, 5.74) is 5.07. The largest absolute Gasteiger partial charge is 0.435 e. The number of methoxy groups -OCH3 is 8. The van der Waals surface area contributed by atoms with E-state index in [2.05, 4.69) is 0 Å². The standard InChI is InChI=1S/C76H100O32P4S4/c1-33-37-21-39-34(2)41-23-43-36(4)44-24-42-35(3)40-22-38(33)46-26-48(40)104-111(115,87-31-55-59(79-15)63(83-19)67-71(91-55)99-75(9,10)95-67)106-50(42)28-52(44)108-112(116,88-32-56-60(80-16)64(84-20)68-72(92-56)100-76(11,12)96-68)107-51(43)27-49(41)105-110(114,86-30-54-58(78-14)62(82-18)66-70(90-54)98-74(7,8)94-66)103-47(39)25-45(37)101-109(113,102-46)85-29-53-57(77-13)61(81-17)65-69(89-53)97-73(5,6)93-65/h21-28,33-36,53-72H,29-32H2,1-20H3/t33?,34?,35?,36?,53-,54-,55-,56-,57+,58+,59+,60+,61+,62+,63+,64+,65-,66-,67-,68-,69-,70-,71-,72-,109?,110?,111?,112?/m1/s1. The van der Waals surface area contributed by atoms with E-state index < -0.39 is 197 Å². The maximum Gasteiger partial charge on any atom is 0.435 e. The molecule has 4 aromatic rings. The molecule has 0 radical (unpaired) electrons. The summed E-state index contributed by atoms with van der Waals surface area (Å²) >= 11 is 26.9. The van der Waals surface area contributed by atoms with Gasteiger partial charge in [0.25, 0.3) is 0 Å². The molecule has 8 saturated heterocycles. The van der Waals surface area contributed by atoms with Crippen molar-refractivity contribution < 1.29 is 149 Å². The molecule has 0 saturated carbocycles. The number of benzene rings is 4. The molecular weight excluding hydrogens is 1680 g/mol. The third-order valence-corrected chi connectivity index (χ3v) is 31.7. The lowest BCUT2D eigenvalue weighted by atomic mass is 9.81. The second-order valence-electron chi connectivity index (χ2n) is 32.5. The minimum absolute atomic E-state index is 0.213. The van der Waals surface area contributed by atoms with E-state index in [1.165, 1.54) is 0 Å². The Kier molecular flexibility index (Phi) is 23.1. The molecule has 40 heteroatoms. The molecule has 0 N–H and O–H groups in total. The average Bonchev–Trinajstić information content (AvgIpc) is 1.13. The van der Waals surface area contributed by atoms with E-state index >= 15 is 0 Å². The van der Waals surface area contributed by atoms with Gasteiger partial charge >= 0.3 is 26.9 Å². The van der Waals surface area contributed by atoms with Gasteiger partial charge in [0, 0.05) is 197 Å². The molecule has 20 atom stereocenters. The van der Waals surface area contributed by atoms with E-state index in [-0.39, 0.29) is 72.4 Å². The summed E-state index contributed by atoms with van der Waals surface area (Å²) < 4.78 is 212. The van der Waals surface area contributed by atoms with Gasteiger partial charge in [-0.2, -0.15) is 0 Å². The first kappa shape index (κ1) is 85.1. The number of hydrogen-bond donors (Lipinski definition) is 0. The van der Waals surface area contributed by atoms with Crippen LogP contribution in [-0.4, -0.2) is 229 Å². The molecule has 1 aliphatic carbocycles. The first-order valence-corrected chi connectivity index (χ1v) is 48.7. The Morgan fingerprint density at radius 3 is 0.578 bits per heavy atom. The van der Waals surface area contributed by atoms with Crippen LogP contribution < -0.4 is 36.2 Å². The van der Waals surface area contributed by atoms with Crippen molar-refractivity contribution in [2.75, 3.05) is 83.3 Å². The van der Waals surface area contributed by atoms with Gasteiger partial charge in [-0.3, -0.25) is 18.1 Å². The third-order valence-electron chi connectivity index (χ3n) is 23.4. The lowest BCUT2D eigenvalue weighted by Crippen LogP contribution is -2.59. The minimum Gasteiger partial charge on any atom is -0.415 e. The molecule has 116 heavy (non-hydrogen) atoms. The van der Waals surface area contributed by atoms with Gasteiger partial charge in [-0.05, 0) is 79.7 Å². The molecule has 32 nitrogen and oxygen atoms in total. The van der Waals surface area contributed by atoms with Crippen LogP contribution in [0, 0.1) is 0 Å². The van der Waals surface area contributed by atoms with Gasteiger partial charge < -0.3 is 131 Å². The summed E-state index contributed by atoms with van der Waals surface area (Å²) in [7, 11) is 12.4. The molecule has 17 rings (SSSR count). The zero-order valence-electron chi connectivity index (χ0n) is 67.8. The van der Waals surface area contributed by atoms with Gasteiger partial charge in [-0.15, -0.1) is 0 Å². The highest BCUT2D eigenvalue weighted by molar-refractivity contribution is 8.09. The molecule has 0 aromatic heterocycles. The summed E-state index contributed by atoms with van der Waals surface area (Å²) in [5.74, 6) is -4.85. The number of hydrogen-bond acceptors (Lipinski definition) is 36. The van der Waals surface area contributed by atoms with Crippen LogP contribution in [0.1, 0.15) is 151 Å². The van der Waals surface area contributed by atoms with Crippen molar-refractivity contribution in [3.05, 3.63) is 93.0 Å². The van der Waals surface area contributed by atoms with Crippen molar-refractivity contribution in [1.29, 1.82) is 0 Å².